The number of hydrogen-bond donors (Lipinski definition) is 12. The number of nitrogens with one attached hydrogen (secondary N) is 12. The highest BCUT2D eigenvalue weighted by atomic mass is 35.5. The van der Waals surface area contributed by atoms with Crippen molar-refractivity contribution >= 4 is 198 Å². The predicted octanol–water partition coefficient (Wildman–Crippen LogP) is 9.35. The summed E-state index contributed by atoms with van der Waals surface area (Å²) in [5, 5.41) is 20.0. The molecule has 0 spiro atoms. The molecule has 7 aliphatic rings. The van der Waals surface area contributed by atoms with Gasteiger partial charge in [0.15, 0.2) is 15.8 Å². The summed E-state index contributed by atoms with van der Waals surface area (Å²) >= 11 is 18.3. The molecule has 13 rings (SSSR count). The van der Waals surface area contributed by atoms with Gasteiger partial charge in [-0.15, -0.1) is 20.1 Å². The van der Waals surface area contributed by atoms with Gasteiger partial charge in [0.05, 0.1) is 67.3 Å². The molecule has 1 saturated carbocycles. The Kier molecular flexibility index (Phi) is 28.7. The van der Waals surface area contributed by atoms with Crippen molar-refractivity contribution in [2.75, 3.05) is 45.1 Å². The number of aromatic nitrogens is 3. The summed E-state index contributed by atoms with van der Waals surface area (Å²) < 4.78 is 192. The minimum absolute atomic E-state index is 0.0207. The Balaban J connectivity index is 0.000000176. The number of carbonyl (C=O) groups excluding carboxylic acids is 2. The van der Waals surface area contributed by atoms with Crippen molar-refractivity contribution in [2.24, 2.45) is 45.5 Å². The molecule has 10 heterocycles. The van der Waals surface area contributed by atoms with Crippen LogP contribution in [0.15, 0.2) is 148 Å². The molecule has 2 amide bonds. The van der Waals surface area contributed by atoms with Crippen molar-refractivity contribution in [3.63, 3.8) is 0 Å². The fraction of sp³-hybridized carbons (Fsp3) is 0.418. The van der Waals surface area contributed by atoms with E-state index in [1.165, 1.54) is 62.9 Å². The number of anilines is 6. The molecule has 0 saturated heterocycles. The summed E-state index contributed by atoms with van der Waals surface area (Å²) in [5.74, 6) is 1.59. The predicted molar refractivity (Wildman–Crippen MR) is 448 cm³/mol. The largest absolute Gasteiger partial charge is 0.465 e. The Morgan fingerprint density at radius 3 is 1.66 bits per heavy atom. The van der Waals surface area contributed by atoms with E-state index in [0.717, 1.165) is 36.7 Å². The zero-order valence-corrected chi connectivity index (χ0v) is 74.1. The van der Waals surface area contributed by atoms with Gasteiger partial charge in [-0.1, -0.05) is 90.2 Å². The van der Waals surface area contributed by atoms with Crippen LogP contribution in [0.1, 0.15) is 129 Å². The fourth-order valence-electron chi connectivity index (χ4n) is 10.0. The summed E-state index contributed by atoms with van der Waals surface area (Å²) in [6.07, 6.45) is 8.88. The van der Waals surface area contributed by atoms with E-state index in [2.05, 4.69) is 99.2 Å². The number of sulfonamides is 7. The Morgan fingerprint density at radius 2 is 1.10 bits per heavy atom. The number of rotatable bonds is 10. The molecule has 49 heteroatoms. The number of ether oxygens (including phenoxy) is 1. The smallest absolute Gasteiger partial charge is 0.329 e. The third-order valence-corrected chi connectivity index (χ3v) is 29.4. The first kappa shape index (κ1) is 92.4. The van der Waals surface area contributed by atoms with Crippen molar-refractivity contribution in [2.45, 2.75) is 187 Å². The van der Waals surface area contributed by atoms with Gasteiger partial charge < -0.3 is 42.0 Å². The van der Waals surface area contributed by atoms with Crippen LogP contribution < -0.4 is 60.8 Å². The topological polar surface area (TPSA) is 540 Å². The standard InChI is InChI=1S/C14H18N4O7S2.C12H17ClN4O2S.C12H18N4O2S.C11H16N4O2S.C10H12ClN3O2S2.C8H7ClN2O2S/c1-4-25-13(19)7-15-14(20)18-26(21,22)11-6-12-10(5-8(11)2)16-9(3)17-27(12,23)24;1-7(12(2,3)4)15-11-16-10-9(20(18,19)17-11)5-8(13)6-14-10;1-8(12(2,3)4)14-11-15-10-9(6-5-7-13-10)19(17,18)16-11;1-7(2)8(3)13-11-14-9-4-5-12-6-10(9)18(16,17)15-11;1-10(3-2-4-10)13-9-12-6-5-7(11)17-8(6)18(15,16)14-9;1-5-10-7-3-2-6(9)4-8(7)14(12,13)11-5/h5-6H,4,7H2,1-3H3,(H,16,17)(H2,15,18,20);5-7H,1-4H3,(H2,14,15,16,17);5-8H,1-4H3,(H2,13,14,15,16);4-8H,1-3H3,(H2,13,14,15);5H,2-4H2,1H3,(H2,12,13,14);2-4H,1H3,(H,10,11). The Morgan fingerprint density at radius 1 is 0.586 bits per heavy atom. The average molecular weight is 1820 g/mol. The highest BCUT2D eigenvalue weighted by Gasteiger charge is 2.38. The molecule has 12 N–H and O–H groups in total. The maximum atomic E-state index is 12.5. The molecule has 2 aromatic carbocycles. The van der Waals surface area contributed by atoms with E-state index >= 15 is 0 Å². The molecule has 1 fully saturated rings. The first-order chi connectivity index (χ1) is 53.5. The quantitative estimate of drug-likeness (QED) is 0.0568. The third-order valence-electron chi connectivity index (χ3n) is 17.5. The molecule has 0 bridgehead atoms. The van der Waals surface area contributed by atoms with Crippen molar-refractivity contribution in [3.8, 4) is 0 Å². The number of fused-ring (bicyclic) bond motifs is 6. The van der Waals surface area contributed by atoms with Crippen LogP contribution in [-0.2, 0) is 79.7 Å². The number of nitrogens with zero attached hydrogens (tertiary/aromatic N) is 9. The summed E-state index contributed by atoms with van der Waals surface area (Å²) in [6.45, 7) is 29.8. The van der Waals surface area contributed by atoms with E-state index < -0.39 is 93.6 Å². The van der Waals surface area contributed by atoms with E-state index in [0.29, 0.717) is 50.0 Å². The number of carbonyl (C=O) groups is 2. The lowest BCUT2D eigenvalue weighted by atomic mass is 9.79. The van der Waals surface area contributed by atoms with Crippen molar-refractivity contribution < 1.29 is 73.3 Å². The van der Waals surface area contributed by atoms with Crippen LogP contribution >= 0.6 is 46.1 Å². The van der Waals surface area contributed by atoms with Crippen molar-refractivity contribution in [1.82, 2.24) is 43.9 Å². The summed E-state index contributed by atoms with van der Waals surface area (Å²) in [6, 6.07) is 13.3. The van der Waals surface area contributed by atoms with Gasteiger partial charge in [0.2, 0.25) is 23.8 Å². The second-order valence-electron chi connectivity index (χ2n) is 29.1. The number of amides is 2. The minimum Gasteiger partial charge on any atom is -0.465 e. The van der Waals surface area contributed by atoms with Gasteiger partial charge >= 0.3 is 12.0 Å². The monoisotopic (exact) mass is 1820 g/mol. The summed E-state index contributed by atoms with van der Waals surface area (Å²) in [7, 11) is -26.4. The zero-order valence-electron chi connectivity index (χ0n) is 65.3. The van der Waals surface area contributed by atoms with E-state index in [1.54, 1.807) is 48.9 Å². The van der Waals surface area contributed by atoms with E-state index in [1.807, 2.05) is 88.4 Å². The first-order valence-electron chi connectivity index (χ1n) is 35.0. The normalized spacial score (nSPS) is 20.0. The second kappa shape index (κ2) is 36.0. The molecule has 6 aromatic rings. The number of aryl methyl sites for hydroxylation is 1. The van der Waals surface area contributed by atoms with Gasteiger partial charge in [0, 0.05) is 29.8 Å². The van der Waals surface area contributed by atoms with Gasteiger partial charge in [0.25, 0.3) is 70.2 Å². The van der Waals surface area contributed by atoms with Crippen LogP contribution in [0.5, 0.6) is 0 Å². The van der Waals surface area contributed by atoms with Crippen molar-refractivity contribution in [3.05, 3.63) is 105 Å². The van der Waals surface area contributed by atoms with E-state index in [9.17, 15) is 68.5 Å². The summed E-state index contributed by atoms with van der Waals surface area (Å²) in [4.78, 5) is 52.0. The Hall–Kier alpha value is -9.13. The summed E-state index contributed by atoms with van der Waals surface area (Å²) in [5.41, 5.74) is 1.63. The molecular formula is C67H88Cl3N21O17S8. The van der Waals surface area contributed by atoms with Crippen LogP contribution in [-0.4, -0.2) is 158 Å². The number of esters is 1. The average Bonchev–Trinajstić information content (AvgIpc) is 1.30. The van der Waals surface area contributed by atoms with E-state index in [-0.39, 0.29) is 116 Å². The molecule has 0 radical (unpaired) electrons. The van der Waals surface area contributed by atoms with Gasteiger partial charge in [-0.3, -0.25) is 9.78 Å². The number of urea groups is 1. The molecule has 116 heavy (non-hydrogen) atoms. The lowest BCUT2D eigenvalue weighted by Gasteiger charge is -2.35. The number of thiophene rings is 1. The number of guanidine groups is 4. The minimum atomic E-state index is -4.40. The van der Waals surface area contributed by atoms with Crippen LogP contribution in [0.25, 0.3) is 0 Å². The van der Waals surface area contributed by atoms with Gasteiger partial charge in [0.1, 0.15) is 42.7 Å². The number of benzene rings is 2. The molecule has 3 atom stereocenters. The molecular weight excluding hydrogens is 1730 g/mol. The molecule has 1 aliphatic carbocycles. The number of halogens is 3. The maximum Gasteiger partial charge on any atom is 0.329 e. The third kappa shape index (κ3) is 24.1. The maximum absolute atomic E-state index is 12.5. The highest BCUT2D eigenvalue weighted by molar-refractivity contribution is 7.93. The number of aliphatic imine (C=N–C) groups is 4. The molecule has 632 valence electrons. The van der Waals surface area contributed by atoms with Gasteiger partial charge in [-0.05, 0) is 158 Å². The van der Waals surface area contributed by atoms with Crippen LogP contribution in [0.4, 0.5) is 39.2 Å². The molecule has 6 aliphatic heterocycles. The van der Waals surface area contributed by atoms with Gasteiger partial charge in [-0.2, -0.15) is 16.8 Å². The Bertz CT molecular complexity index is 5870. The van der Waals surface area contributed by atoms with E-state index in [4.69, 9.17) is 34.8 Å². The molecule has 38 nitrogen and oxygen atoms in total. The van der Waals surface area contributed by atoms with Crippen LogP contribution in [0.2, 0.25) is 14.4 Å². The SMILES string of the molecule is CC(C)C(C)N=C1Nc2ccncc2S(=O)(=O)N1.CC(N=C1Nc2ncc(Cl)cc2S(=O)(=O)N1)C(C)(C)C.CC(N=C1Nc2ncccc2S(=O)(=O)N1)C(C)(C)C.CC1(N=C2Nc3cc(Cl)sc3S(=O)(=O)N2)CCC1.CC1=NS(=O)(=O)c2cc(Cl)ccc2N1.CCOC(=O)CNC(=O)NS(=O)(=O)c1cc2c(cc1C)NC(C)=NS2(=O)=O. The second-order valence-corrected chi connectivity index (χ2v) is 43.3. The lowest BCUT2D eigenvalue weighted by molar-refractivity contribution is -0.141. The zero-order chi connectivity index (χ0) is 86.4. The first-order valence-corrected chi connectivity index (χ1v) is 47.2. The lowest BCUT2D eigenvalue weighted by Crippen LogP contribution is -2.43. The molecule has 3 unspecified atom stereocenters. The highest BCUT2D eigenvalue weighted by Crippen LogP contribution is 2.40. The van der Waals surface area contributed by atoms with Crippen LogP contribution in [0, 0.1) is 23.7 Å². The number of amidine groups is 2. The Labute approximate surface area is 693 Å². The fourth-order valence-corrected chi connectivity index (χ4v) is 20.1. The number of hydrogen-bond acceptors (Lipinski definition) is 27. The number of pyridine rings is 3. The van der Waals surface area contributed by atoms with Gasteiger partial charge in [-0.25, -0.2) is 100 Å². The van der Waals surface area contributed by atoms with Crippen molar-refractivity contribution in [1.29, 1.82) is 0 Å². The van der Waals surface area contributed by atoms with Crippen LogP contribution in [0.3, 0.4) is 0 Å². The molecule has 4 aromatic heterocycles.